The van der Waals surface area contributed by atoms with Crippen LogP contribution in [-0.2, 0) is 0 Å². The molecule has 1 aromatic rings. The van der Waals surface area contributed by atoms with Gasteiger partial charge in [0, 0.05) is 30.5 Å². The number of carbonyl (C=O) groups is 1. The second-order valence-corrected chi connectivity index (χ2v) is 5.35. The third kappa shape index (κ3) is 2.33. The molecule has 1 fully saturated rings. The molecular weight excluding hydrogens is 228 g/mol. The average Bonchev–Trinajstić information content (AvgIpc) is 2.77. The van der Waals surface area contributed by atoms with Crippen molar-refractivity contribution in [1.29, 1.82) is 0 Å². The van der Waals surface area contributed by atoms with E-state index in [-0.39, 0.29) is 22.9 Å². The summed E-state index contributed by atoms with van der Waals surface area (Å²) in [4.78, 5) is 29.0. The van der Waals surface area contributed by atoms with Gasteiger partial charge in [0.05, 0.1) is 0 Å². The summed E-state index contributed by atoms with van der Waals surface area (Å²) in [7, 11) is 0. The van der Waals surface area contributed by atoms with Gasteiger partial charge in [0.2, 0.25) is 0 Å². The van der Waals surface area contributed by atoms with Crippen LogP contribution in [0.25, 0.3) is 0 Å². The Kier molecular flexibility index (Phi) is 3.55. The molecule has 0 radical (unpaired) electrons. The molecule has 1 aliphatic rings. The Morgan fingerprint density at radius 2 is 2.22 bits per heavy atom. The van der Waals surface area contributed by atoms with Crippen LogP contribution in [-0.4, -0.2) is 28.4 Å². The van der Waals surface area contributed by atoms with Crippen LogP contribution in [0.5, 0.6) is 0 Å². The van der Waals surface area contributed by atoms with Gasteiger partial charge in [-0.15, -0.1) is 0 Å². The SMILES string of the molecule is Cc1cc(=O)c(C(=O)N2CCCC2C(C)C)c[nH]1. The normalized spacial score (nSPS) is 19.6. The third-order valence-corrected chi connectivity index (χ3v) is 3.62. The number of pyridine rings is 1. The monoisotopic (exact) mass is 248 g/mol. The minimum absolute atomic E-state index is 0.132. The number of nitrogens with zero attached hydrogens (tertiary/aromatic N) is 1. The molecule has 1 aromatic heterocycles. The molecule has 0 aliphatic carbocycles. The second-order valence-electron chi connectivity index (χ2n) is 5.35. The van der Waals surface area contributed by atoms with Gasteiger partial charge in [-0.25, -0.2) is 0 Å². The van der Waals surface area contributed by atoms with Crippen LogP contribution in [0.2, 0.25) is 0 Å². The van der Waals surface area contributed by atoms with Crippen LogP contribution in [0.4, 0.5) is 0 Å². The number of nitrogens with one attached hydrogen (secondary N) is 1. The number of aromatic amines is 1. The number of H-pyrrole nitrogens is 1. The first kappa shape index (κ1) is 12.9. The lowest BCUT2D eigenvalue weighted by atomic mass is 10.0. The number of amides is 1. The molecule has 1 N–H and O–H groups in total. The maximum atomic E-state index is 12.4. The van der Waals surface area contributed by atoms with E-state index in [1.54, 1.807) is 0 Å². The first-order valence-electron chi connectivity index (χ1n) is 6.51. The molecule has 98 valence electrons. The fraction of sp³-hybridized carbons (Fsp3) is 0.571. The Hall–Kier alpha value is -1.58. The molecule has 0 spiro atoms. The standard InChI is InChI=1S/C14H20N2O2/c1-9(2)12-5-4-6-16(12)14(18)11-8-15-10(3)7-13(11)17/h7-9,12H,4-6H2,1-3H3,(H,15,17). The molecule has 4 nitrogen and oxygen atoms in total. The van der Waals surface area contributed by atoms with E-state index in [4.69, 9.17) is 0 Å². The lowest BCUT2D eigenvalue weighted by Crippen LogP contribution is -2.40. The molecule has 1 aliphatic heterocycles. The summed E-state index contributed by atoms with van der Waals surface area (Å²) >= 11 is 0. The van der Waals surface area contributed by atoms with Crippen LogP contribution in [0.3, 0.4) is 0 Å². The van der Waals surface area contributed by atoms with Crippen molar-refractivity contribution in [2.24, 2.45) is 5.92 Å². The summed E-state index contributed by atoms with van der Waals surface area (Å²) in [5.74, 6) is 0.299. The number of aromatic nitrogens is 1. The number of aryl methyl sites for hydroxylation is 1. The van der Waals surface area contributed by atoms with Crippen molar-refractivity contribution >= 4 is 5.91 Å². The van der Waals surface area contributed by atoms with Crippen molar-refractivity contribution in [3.05, 3.63) is 33.7 Å². The molecule has 1 saturated heterocycles. The number of rotatable bonds is 2. The third-order valence-electron chi connectivity index (χ3n) is 3.62. The molecule has 1 atom stereocenters. The summed E-state index contributed by atoms with van der Waals surface area (Å²) in [6, 6.07) is 1.74. The van der Waals surface area contributed by atoms with Gasteiger partial charge in [-0.1, -0.05) is 13.8 Å². The quantitative estimate of drug-likeness (QED) is 0.869. The van der Waals surface area contributed by atoms with E-state index in [1.165, 1.54) is 12.3 Å². The second kappa shape index (κ2) is 4.96. The number of hydrogen-bond donors (Lipinski definition) is 1. The van der Waals surface area contributed by atoms with Gasteiger partial charge in [-0.05, 0) is 25.7 Å². The minimum atomic E-state index is -0.189. The molecule has 2 heterocycles. The zero-order valence-corrected chi connectivity index (χ0v) is 11.2. The largest absolute Gasteiger partial charge is 0.364 e. The molecule has 18 heavy (non-hydrogen) atoms. The molecule has 1 amide bonds. The molecule has 0 bridgehead atoms. The Morgan fingerprint density at radius 3 is 2.83 bits per heavy atom. The van der Waals surface area contributed by atoms with Crippen molar-refractivity contribution in [3.8, 4) is 0 Å². The Bertz CT molecular complexity index is 505. The van der Waals surface area contributed by atoms with Gasteiger partial charge in [0.15, 0.2) is 5.43 Å². The van der Waals surface area contributed by atoms with E-state index < -0.39 is 0 Å². The number of carbonyl (C=O) groups excluding carboxylic acids is 1. The predicted octanol–water partition coefficient (Wildman–Crippen LogP) is 1.94. The van der Waals surface area contributed by atoms with E-state index in [0.717, 1.165) is 25.1 Å². The Labute approximate surface area is 107 Å². The van der Waals surface area contributed by atoms with Gasteiger partial charge < -0.3 is 9.88 Å². The molecule has 0 aromatic carbocycles. The maximum absolute atomic E-state index is 12.4. The van der Waals surface area contributed by atoms with E-state index in [1.807, 2.05) is 11.8 Å². The first-order valence-corrected chi connectivity index (χ1v) is 6.51. The van der Waals surface area contributed by atoms with Crippen molar-refractivity contribution in [3.63, 3.8) is 0 Å². The summed E-state index contributed by atoms with van der Waals surface area (Å²) in [5, 5.41) is 0. The van der Waals surface area contributed by atoms with Gasteiger partial charge in [0.25, 0.3) is 5.91 Å². The summed E-state index contributed by atoms with van der Waals surface area (Å²) < 4.78 is 0. The highest BCUT2D eigenvalue weighted by Crippen LogP contribution is 2.24. The number of hydrogen-bond acceptors (Lipinski definition) is 2. The van der Waals surface area contributed by atoms with Crippen LogP contribution in [0.15, 0.2) is 17.1 Å². The van der Waals surface area contributed by atoms with Crippen molar-refractivity contribution in [2.45, 2.75) is 39.7 Å². The van der Waals surface area contributed by atoms with Crippen LogP contribution < -0.4 is 5.43 Å². The zero-order chi connectivity index (χ0) is 13.3. The fourth-order valence-electron chi connectivity index (χ4n) is 2.63. The van der Waals surface area contributed by atoms with Crippen molar-refractivity contribution in [2.75, 3.05) is 6.54 Å². The summed E-state index contributed by atoms with van der Waals surface area (Å²) in [5.41, 5.74) is 0.845. The molecular formula is C14H20N2O2. The highest BCUT2D eigenvalue weighted by Gasteiger charge is 2.32. The van der Waals surface area contributed by atoms with Gasteiger partial charge in [-0.3, -0.25) is 9.59 Å². The smallest absolute Gasteiger partial charge is 0.259 e. The van der Waals surface area contributed by atoms with Crippen LogP contribution in [0, 0.1) is 12.8 Å². The molecule has 1 unspecified atom stereocenters. The van der Waals surface area contributed by atoms with Crippen LogP contribution in [0.1, 0.15) is 42.7 Å². The van der Waals surface area contributed by atoms with Gasteiger partial charge in [-0.2, -0.15) is 0 Å². The lowest BCUT2D eigenvalue weighted by molar-refractivity contribution is 0.0700. The summed E-state index contributed by atoms with van der Waals surface area (Å²) in [6.45, 7) is 6.81. The highest BCUT2D eigenvalue weighted by molar-refractivity contribution is 5.94. The minimum Gasteiger partial charge on any atom is -0.364 e. The zero-order valence-electron chi connectivity index (χ0n) is 11.2. The topological polar surface area (TPSA) is 53.2 Å². The average molecular weight is 248 g/mol. The lowest BCUT2D eigenvalue weighted by Gasteiger charge is -2.27. The van der Waals surface area contributed by atoms with Gasteiger partial charge in [0.1, 0.15) is 5.56 Å². The van der Waals surface area contributed by atoms with Crippen molar-refractivity contribution in [1.82, 2.24) is 9.88 Å². The van der Waals surface area contributed by atoms with Gasteiger partial charge >= 0.3 is 0 Å². The van der Waals surface area contributed by atoms with Crippen molar-refractivity contribution < 1.29 is 4.79 Å². The first-order chi connectivity index (χ1) is 8.50. The highest BCUT2D eigenvalue weighted by atomic mass is 16.2. The summed E-state index contributed by atoms with van der Waals surface area (Å²) in [6.07, 6.45) is 3.60. The van der Waals surface area contributed by atoms with E-state index in [0.29, 0.717) is 5.92 Å². The molecule has 2 rings (SSSR count). The van der Waals surface area contributed by atoms with E-state index in [2.05, 4.69) is 18.8 Å². The van der Waals surface area contributed by atoms with Crippen LogP contribution >= 0.6 is 0 Å². The number of likely N-dealkylation sites (tertiary alicyclic amines) is 1. The Balaban J connectivity index is 2.28. The predicted molar refractivity (Wildman–Crippen MR) is 70.7 cm³/mol. The van der Waals surface area contributed by atoms with E-state index in [9.17, 15) is 9.59 Å². The van der Waals surface area contributed by atoms with E-state index >= 15 is 0 Å². The maximum Gasteiger partial charge on any atom is 0.259 e. The molecule has 4 heteroatoms. The Morgan fingerprint density at radius 1 is 1.50 bits per heavy atom. The molecule has 0 saturated carbocycles. The fourth-order valence-corrected chi connectivity index (χ4v) is 2.63.